The van der Waals surface area contributed by atoms with Crippen LogP contribution in [0.3, 0.4) is 0 Å². The molecular weight excluding hydrogens is 568 g/mol. The van der Waals surface area contributed by atoms with Crippen LogP contribution in [0.2, 0.25) is 0 Å². The molecule has 1 aromatic rings. The molecule has 7 nitrogen and oxygen atoms in total. The number of nitrogens with zero attached hydrogens (tertiary/aromatic N) is 2. The molecule has 0 aliphatic carbocycles. The van der Waals surface area contributed by atoms with Crippen molar-refractivity contribution < 1.29 is 24.2 Å². The summed E-state index contributed by atoms with van der Waals surface area (Å²) in [7, 11) is 0. The standard InChI is InChI=1S/C29H37BrN2O5S/c1-5-13-31(16-19-11-9-8-10-12-19)27(35)25-29-15-20(30)24(38-29)22(28(36)37-14-6-2)23(29)26(34)32(25)21(17-33)18(4)7-3/h5-6,8-12,18,20-25,33H,1-2,7,13-17H2,3-4H3/t18-,20?,21-,22-,23-,24-,25?,29?/m0/s1. The van der Waals surface area contributed by atoms with E-state index in [0.29, 0.717) is 19.5 Å². The van der Waals surface area contributed by atoms with Crippen LogP contribution in [-0.4, -0.2) is 79.4 Å². The van der Waals surface area contributed by atoms with Crippen LogP contribution in [0.15, 0.2) is 55.6 Å². The lowest BCUT2D eigenvalue weighted by Gasteiger charge is -2.41. The van der Waals surface area contributed by atoms with Crippen molar-refractivity contribution >= 4 is 45.5 Å². The smallest absolute Gasteiger partial charge is 0.311 e. The summed E-state index contributed by atoms with van der Waals surface area (Å²) in [5.41, 5.74) is 0.973. The molecule has 38 heavy (non-hydrogen) atoms. The summed E-state index contributed by atoms with van der Waals surface area (Å²) in [6, 6.07) is 8.36. The minimum atomic E-state index is -0.818. The van der Waals surface area contributed by atoms with Gasteiger partial charge in [-0.3, -0.25) is 14.4 Å². The van der Waals surface area contributed by atoms with Gasteiger partial charge in [-0.2, -0.15) is 0 Å². The van der Waals surface area contributed by atoms with Crippen LogP contribution in [-0.2, 0) is 25.7 Å². The number of aliphatic hydroxyl groups is 1. The molecule has 1 spiro atoms. The molecule has 2 bridgehead atoms. The number of carbonyl (C=O) groups excluding carboxylic acids is 3. The summed E-state index contributed by atoms with van der Waals surface area (Å²) < 4.78 is 4.66. The van der Waals surface area contributed by atoms with Crippen LogP contribution in [0, 0.1) is 17.8 Å². The zero-order valence-corrected chi connectivity index (χ0v) is 24.4. The van der Waals surface area contributed by atoms with Crippen molar-refractivity contribution in [3.8, 4) is 0 Å². The number of ether oxygens (including phenoxy) is 1. The van der Waals surface area contributed by atoms with Gasteiger partial charge in [-0.15, -0.1) is 18.3 Å². The molecular formula is C29H37BrN2O5S. The maximum atomic E-state index is 14.6. The summed E-state index contributed by atoms with van der Waals surface area (Å²) in [6.07, 6.45) is 4.51. The highest BCUT2D eigenvalue weighted by molar-refractivity contribution is 9.09. The number of fused-ring (bicyclic) bond motifs is 1. The van der Waals surface area contributed by atoms with Gasteiger partial charge >= 0.3 is 5.97 Å². The SMILES string of the molecule is C=CCOC(=O)[C@H]1[C@H]2C(=O)N([C@@H](CO)[C@@H](C)CC)C(C(=O)N(CC=C)Cc3ccccc3)C23CC(Br)[C@@H]1S3. The molecule has 2 amide bonds. The van der Waals surface area contributed by atoms with Crippen molar-refractivity contribution in [2.75, 3.05) is 19.8 Å². The zero-order chi connectivity index (χ0) is 27.6. The second kappa shape index (κ2) is 12.0. The van der Waals surface area contributed by atoms with Crippen molar-refractivity contribution in [1.82, 2.24) is 9.80 Å². The molecule has 4 rings (SSSR count). The Morgan fingerprint density at radius 2 is 2.03 bits per heavy atom. The van der Waals surface area contributed by atoms with Gasteiger partial charge in [0.25, 0.3) is 0 Å². The Morgan fingerprint density at radius 1 is 1.32 bits per heavy atom. The van der Waals surface area contributed by atoms with Gasteiger partial charge in [0.1, 0.15) is 12.6 Å². The van der Waals surface area contributed by atoms with Crippen molar-refractivity contribution in [3.63, 3.8) is 0 Å². The van der Waals surface area contributed by atoms with Crippen LogP contribution in [0.1, 0.15) is 32.3 Å². The van der Waals surface area contributed by atoms with Gasteiger partial charge in [0.2, 0.25) is 11.8 Å². The number of hydrogen-bond donors (Lipinski definition) is 1. The molecule has 0 saturated carbocycles. The normalized spacial score (nSPS) is 31.0. The third-order valence-corrected chi connectivity index (χ3v) is 11.5. The van der Waals surface area contributed by atoms with Crippen LogP contribution >= 0.6 is 27.7 Å². The summed E-state index contributed by atoms with van der Waals surface area (Å²) in [5.74, 6) is -2.27. The number of aliphatic hydroxyl groups excluding tert-OH is 1. The molecule has 1 N–H and O–H groups in total. The average molecular weight is 606 g/mol. The highest BCUT2D eigenvalue weighted by Crippen LogP contribution is 2.68. The van der Waals surface area contributed by atoms with Gasteiger partial charge in [0.15, 0.2) is 0 Å². The van der Waals surface area contributed by atoms with E-state index >= 15 is 0 Å². The maximum absolute atomic E-state index is 14.6. The minimum absolute atomic E-state index is 0.0374. The summed E-state index contributed by atoms with van der Waals surface area (Å²) >= 11 is 5.34. The lowest BCUT2D eigenvalue weighted by Crippen LogP contribution is -2.58. The second-order valence-electron chi connectivity index (χ2n) is 10.5. The lowest BCUT2D eigenvalue weighted by molar-refractivity contribution is -0.153. The Kier molecular flexibility index (Phi) is 9.10. The number of alkyl halides is 1. The summed E-state index contributed by atoms with van der Waals surface area (Å²) in [5, 5.41) is 10.3. The van der Waals surface area contributed by atoms with E-state index in [1.54, 1.807) is 27.6 Å². The lowest BCUT2D eigenvalue weighted by atomic mass is 9.71. The first-order valence-electron chi connectivity index (χ1n) is 13.2. The van der Waals surface area contributed by atoms with Gasteiger partial charge in [0, 0.05) is 23.2 Å². The fraction of sp³-hybridized carbons (Fsp3) is 0.552. The Hall–Kier alpha value is -2.10. The molecule has 3 saturated heterocycles. The first-order valence-corrected chi connectivity index (χ1v) is 15.0. The van der Waals surface area contributed by atoms with Crippen molar-refractivity contribution in [2.24, 2.45) is 17.8 Å². The zero-order valence-electron chi connectivity index (χ0n) is 22.0. The first kappa shape index (κ1) is 28.9. The summed E-state index contributed by atoms with van der Waals surface area (Å²) in [6.45, 7) is 12.0. The largest absolute Gasteiger partial charge is 0.461 e. The number of halogens is 1. The van der Waals surface area contributed by atoms with Crippen LogP contribution in [0.25, 0.3) is 0 Å². The number of likely N-dealkylation sites (tertiary alicyclic amines) is 1. The van der Waals surface area contributed by atoms with E-state index in [4.69, 9.17) is 4.74 Å². The number of benzene rings is 1. The number of amides is 2. The fourth-order valence-electron chi connectivity index (χ4n) is 6.39. The van der Waals surface area contributed by atoms with Gasteiger partial charge < -0.3 is 19.6 Å². The highest BCUT2D eigenvalue weighted by Gasteiger charge is 2.76. The minimum Gasteiger partial charge on any atom is -0.461 e. The van der Waals surface area contributed by atoms with E-state index in [2.05, 4.69) is 29.1 Å². The number of carbonyl (C=O) groups is 3. The molecule has 3 aliphatic rings. The van der Waals surface area contributed by atoms with Gasteiger partial charge in [-0.25, -0.2) is 0 Å². The van der Waals surface area contributed by atoms with E-state index in [-0.39, 0.29) is 41.0 Å². The molecule has 3 fully saturated rings. The van der Waals surface area contributed by atoms with Gasteiger partial charge in [0.05, 0.1) is 29.2 Å². The average Bonchev–Trinajstić information content (AvgIpc) is 3.51. The Balaban J connectivity index is 1.80. The maximum Gasteiger partial charge on any atom is 0.311 e. The molecule has 8 atom stereocenters. The Morgan fingerprint density at radius 3 is 2.63 bits per heavy atom. The second-order valence-corrected chi connectivity index (χ2v) is 13.2. The number of rotatable bonds is 12. The molecule has 9 heteroatoms. The Labute approximate surface area is 237 Å². The quantitative estimate of drug-likeness (QED) is 0.222. The molecule has 1 aromatic carbocycles. The molecule has 3 unspecified atom stereocenters. The third-order valence-electron chi connectivity index (χ3n) is 8.30. The number of thioether (sulfide) groups is 1. The number of hydrogen-bond acceptors (Lipinski definition) is 6. The molecule has 206 valence electrons. The summed E-state index contributed by atoms with van der Waals surface area (Å²) in [4.78, 5) is 45.5. The Bertz CT molecular complexity index is 1070. The molecule has 0 aromatic heterocycles. The van der Waals surface area contributed by atoms with Crippen LogP contribution in [0.5, 0.6) is 0 Å². The topological polar surface area (TPSA) is 87.1 Å². The van der Waals surface area contributed by atoms with Crippen LogP contribution < -0.4 is 0 Å². The van der Waals surface area contributed by atoms with Crippen molar-refractivity contribution in [3.05, 3.63) is 61.2 Å². The van der Waals surface area contributed by atoms with Crippen LogP contribution in [0.4, 0.5) is 0 Å². The van der Waals surface area contributed by atoms with Gasteiger partial charge in [-0.1, -0.05) is 85.3 Å². The predicted molar refractivity (Wildman–Crippen MR) is 153 cm³/mol. The number of esters is 1. The third kappa shape index (κ3) is 4.86. The fourth-order valence-corrected chi connectivity index (χ4v) is 9.97. The molecule has 3 aliphatic heterocycles. The molecule has 0 radical (unpaired) electrons. The van der Waals surface area contributed by atoms with E-state index in [1.807, 2.05) is 44.2 Å². The van der Waals surface area contributed by atoms with E-state index in [0.717, 1.165) is 12.0 Å². The highest BCUT2D eigenvalue weighted by atomic mass is 79.9. The molecule has 3 heterocycles. The van der Waals surface area contributed by atoms with Gasteiger partial charge in [-0.05, 0) is 17.9 Å². The van der Waals surface area contributed by atoms with E-state index in [1.165, 1.54) is 6.08 Å². The van der Waals surface area contributed by atoms with Crippen molar-refractivity contribution in [2.45, 2.75) is 60.1 Å². The van der Waals surface area contributed by atoms with E-state index < -0.39 is 34.6 Å². The predicted octanol–water partition coefficient (Wildman–Crippen LogP) is 3.80. The monoisotopic (exact) mass is 604 g/mol. The van der Waals surface area contributed by atoms with E-state index in [9.17, 15) is 19.5 Å². The van der Waals surface area contributed by atoms with Crippen molar-refractivity contribution in [1.29, 1.82) is 0 Å². The first-order chi connectivity index (χ1) is 18.2.